The van der Waals surface area contributed by atoms with Crippen LogP contribution in [0.1, 0.15) is 47.3 Å². The molecule has 3 aliphatic carbocycles. The van der Waals surface area contributed by atoms with Gasteiger partial charge in [0.15, 0.2) is 0 Å². The normalized spacial score (nSPS) is 22.7. The van der Waals surface area contributed by atoms with Crippen molar-refractivity contribution in [2.45, 2.75) is 52.1 Å². The van der Waals surface area contributed by atoms with Crippen LogP contribution in [0, 0.1) is 31.5 Å². The number of likely N-dealkylation sites (tertiary alicyclic amines) is 1. The van der Waals surface area contributed by atoms with Gasteiger partial charge in [0.2, 0.25) is 0 Å². The highest BCUT2D eigenvalue weighted by Crippen LogP contribution is 2.55. The molecule has 35 heavy (non-hydrogen) atoms. The van der Waals surface area contributed by atoms with Gasteiger partial charge >= 0.3 is 0 Å². The highest BCUT2D eigenvalue weighted by molar-refractivity contribution is 5.96. The summed E-state index contributed by atoms with van der Waals surface area (Å²) in [4.78, 5) is 20.1. The van der Waals surface area contributed by atoms with Gasteiger partial charge in [-0.05, 0) is 75.3 Å². The van der Waals surface area contributed by atoms with Gasteiger partial charge in [0.1, 0.15) is 22.7 Å². The van der Waals surface area contributed by atoms with E-state index in [0.717, 1.165) is 59.6 Å². The number of halogens is 1. The first kappa shape index (κ1) is 19.8. The molecule has 1 amide bonds. The third kappa shape index (κ3) is 2.66. The minimum absolute atomic E-state index is 0.0889. The minimum atomic E-state index is -0.401. The fourth-order valence-electron chi connectivity index (χ4n) is 6.59. The molecule has 7 heteroatoms. The second-order valence-corrected chi connectivity index (χ2v) is 10.9. The predicted molar refractivity (Wildman–Crippen MR) is 131 cm³/mol. The highest BCUT2D eigenvalue weighted by Gasteiger charge is 2.53. The smallest absolute Gasteiger partial charge is 0.256 e. The molecule has 1 saturated carbocycles. The fourth-order valence-corrected chi connectivity index (χ4v) is 6.59. The van der Waals surface area contributed by atoms with Crippen LogP contribution in [0.25, 0.3) is 27.9 Å². The van der Waals surface area contributed by atoms with Crippen molar-refractivity contribution in [3.05, 3.63) is 64.2 Å². The van der Waals surface area contributed by atoms with Gasteiger partial charge in [0, 0.05) is 41.8 Å². The average Bonchev–Trinajstić information content (AvgIpc) is 3.48. The first-order valence-corrected chi connectivity index (χ1v) is 12.6. The molecule has 6 nitrogen and oxygen atoms in total. The van der Waals surface area contributed by atoms with Crippen molar-refractivity contribution in [3.63, 3.8) is 0 Å². The Balaban J connectivity index is 1.24. The Morgan fingerprint density at radius 1 is 1.17 bits per heavy atom. The van der Waals surface area contributed by atoms with Crippen molar-refractivity contribution in [1.82, 2.24) is 24.1 Å². The standard InChI is InChI=1S/C28H26FN5O/c1-14-3-6-17-9-23(32(27(17)30-14)11-16-4-5-16)25-15(2)26-21(29)8-20(13-34(26)31-25)28(35)33-12-19-7-18-10-22(33)24(18)19/h3,6,8-9,13,16,19,22H,4-5,7,10-12H2,1-2H3. The Hall–Kier alpha value is -3.48. The molecule has 0 spiro atoms. The molecule has 176 valence electrons. The van der Waals surface area contributed by atoms with Gasteiger partial charge in [-0.2, -0.15) is 5.10 Å². The fraction of sp³-hybridized carbons (Fsp3) is 0.393. The van der Waals surface area contributed by atoms with E-state index in [1.807, 2.05) is 24.8 Å². The Labute approximate surface area is 202 Å². The maximum absolute atomic E-state index is 15.5. The van der Waals surface area contributed by atoms with Crippen LogP contribution in [0.15, 0.2) is 41.6 Å². The van der Waals surface area contributed by atoms with Crippen LogP contribution in [0.4, 0.5) is 4.39 Å². The van der Waals surface area contributed by atoms with Crippen LogP contribution in [-0.4, -0.2) is 42.6 Å². The lowest BCUT2D eigenvalue weighted by Crippen LogP contribution is -2.40. The summed E-state index contributed by atoms with van der Waals surface area (Å²) in [5.74, 6) is 0.698. The van der Waals surface area contributed by atoms with Crippen molar-refractivity contribution in [1.29, 1.82) is 0 Å². The molecule has 4 aromatic rings. The van der Waals surface area contributed by atoms with Crippen LogP contribution in [0.3, 0.4) is 0 Å². The molecule has 0 bridgehead atoms. The van der Waals surface area contributed by atoms with Crippen molar-refractivity contribution < 1.29 is 9.18 Å². The van der Waals surface area contributed by atoms with E-state index in [1.54, 1.807) is 10.7 Å². The van der Waals surface area contributed by atoms with E-state index in [1.165, 1.54) is 30.1 Å². The number of amides is 1. The molecule has 4 aliphatic rings. The number of rotatable bonds is 4. The second-order valence-electron chi connectivity index (χ2n) is 10.9. The van der Waals surface area contributed by atoms with Crippen LogP contribution in [0.2, 0.25) is 0 Å². The molecule has 2 unspecified atom stereocenters. The number of aromatic nitrogens is 4. The van der Waals surface area contributed by atoms with Crippen LogP contribution < -0.4 is 0 Å². The SMILES string of the molecule is Cc1ccc2cc(-c3nn4cc(C(=O)N5CC6CC7=C6C5C7)cc(F)c4c3C)n(CC3CC3)c2n1. The lowest BCUT2D eigenvalue weighted by Gasteiger charge is -2.41. The van der Waals surface area contributed by atoms with E-state index < -0.39 is 5.82 Å². The molecule has 2 fully saturated rings. The largest absolute Gasteiger partial charge is 0.331 e. The van der Waals surface area contributed by atoms with E-state index >= 15 is 4.39 Å². The average molecular weight is 468 g/mol. The summed E-state index contributed by atoms with van der Waals surface area (Å²) in [7, 11) is 0. The molecule has 0 aromatic carbocycles. The number of carbonyl (C=O) groups excluding carboxylic acids is 1. The van der Waals surface area contributed by atoms with Crippen molar-refractivity contribution in [3.8, 4) is 11.4 Å². The second kappa shape index (κ2) is 6.59. The lowest BCUT2D eigenvalue weighted by molar-refractivity contribution is 0.0739. The summed E-state index contributed by atoms with van der Waals surface area (Å²) in [6.45, 7) is 5.58. The highest BCUT2D eigenvalue weighted by atomic mass is 19.1. The molecule has 0 radical (unpaired) electrons. The van der Waals surface area contributed by atoms with Crippen LogP contribution in [-0.2, 0) is 6.54 Å². The number of fused-ring (bicyclic) bond motifs is 2. The number of hydrogen-bond acceptors (Lipinski definition) is 3. The van der Waals surface area contributed by atoms with Crippen molar-refractivity contribution in [2.24, 2.45) is 11.8 Å². The zero-order chi connectivity index (χ0) is 23.6. The molecular formula is C28H26FN5O. The van der Waals surface area contributed by atoms with E-state index in [9.17, 15) is 4.79 Å². The number of pyridine rings is 2. The van der Waals surface area contributed by atoms with Crippen molar-refractivity contribution >= 4 is 22.5 Å². The van der Waals surface area contributed by atoms with Crippen LogP contribution in [0.5, 0.6) is 0 Å². The molecule has 1 aliphatic heterocycles. The Morgan fingerprint density at radius 2 is 2.03 bits per heavy atom. The molecule has 4 aromatic heterocycles. The number of aryl methyl sites for hydroxylation is 2. The molecule has 5 heterocycles. The topological polar surface area (TPSA) is 55.4 Å². The number of hydrogen-bond donors (Lipinski definition) is 0. The third-order valence-electron chi connectivity index (χ3n) is 8.62. The Morgan fingerprint density at radius 3 is 2.80 bits per heavy atom. The van der Waals surface area contributed by atoms with Gasteiger partial charge in [-0.1, -0.05) is 5.57 Å². The summed E-state index contributed by atoms with van der Waals surface area (Å²) in [6.07, 6.45) is 6.29. The minimum Gasteiger partial charge on any atom is -0.331 e. The molecule has 2 atom stereocenters. The summed E-state index contributed by atoms with van der Waals surface area (Å²) < 4.78 is 19.3. The van der Waals surface area contributed by atoms with E-state index in [2.05, 4.69) is 16.7 Å². The summed E-state index contributed by atoms with van der Waals surface area (Å²) in [5.41, 5.74) is 8.24. The van der Waals surface area contributed by atoms with Gasteiger partial charge in [0.25, 0.3) is 5.91 Å². The van der Waals surface area contributed by atoms with Gasteiger partial charge in [-0.25, -0.2) is 13.9 Å². The molecule has 1 saturated heterocycles. The molecule has 8 rings (SSSR count). The zero-order valence-corrected chi connectivity index (χ0v) is 19.9. The number of nitrogens with zero attached hydrogens (tertiary/aromatic N) is 5. The maximum atomic E-state index is 15.5. The van der Waals surface area contributed by atoms with Gasteiger partial charge in [-0.15, -0.1) is 0 Å². The van der Waals surface area contributed by atoms with Gasteiger partial charge < -0.3 is 9.47 Å². The number of carbonyl (C=O) groups is 1. The van der Waals surface area contributed by atoms with E-state index in [4.69, 9.17) is 10.1 Å². The zero-order valence-electron chi connectivity index (χ0n) is 19.9. The summed E-state index contributed by atoms with van der Waals surface area (Å²) in [6, 6.07) is 7.86. The van der Waals surface area contributed by atoms with Gasteiger partial charge in [0.05, 0.1) is 17.3 Å². The van der Waals surface area contributed by atoms with Crippen molar-refractivity contribution in [2.75, 3.05) is 6.54 Å². The first-order valence-electron chi connectivity index (χ1n) is 12.6. The predicted octanol–water partition coefficient (Wildman–Crippen LogP) is 5.06. The quantitative estimate of drug-likeness (QED) is 0.394. The third-order valence-corrected chi connectivity index (χ3v) is 8.62. The molecular weight excluding hydrogens is 441 g/mol. The first-order chi connectivity index (χ1) is 17.0. The van der Waals surface area contributed by atoms with Crippen LogP contribution >= 0.6 is 0 Å². The Kier molecular flexibility index (Phi) is 3.73. The van der Waals surface area contributed by atoms with E-state index in [-0.39, 0.29) is 11.9 Å². The molecule has 0 N–H and O–H groups in total. The summed E-state index contributed by atoms with van der Waals surface area (Å²) >= 11 is 0. The summed E-state index contributed by atoms with van der Waals surface area (Å²) in [5, 5.41) is 5.90. The van der Waals surface area contributed by atoms with Gasteiger partial charge in [-0.3, -0.25) is 4.79 Å². The lowest BCUT2D eigenvalue weighted by atomic mass is 9.66. The van der Waals surface area contributed by atoms with E-state index in [0.29, 0.717) is 22.9 Å². The maximum Gasteiger partial charge on any atom is 0.256 e. The Bertz CT molecular complexity index is 1640. The monoisotopic (exact) mass is 467 g/mol.